The van der Waals surface area contributed by atoms with Crippen molar-refractivity contribution in [1.29, 1.82) is 0 Å². The van der Waals surface area contributed by atoms with Crippen molar-refractivity contribution in [3.63, 3.8) is 0 Å². The van der Waals surface area contributed by atoms with Gasteiger partial charge in [0.1, 0.15) is 5.82 Å². The zero-order chi connectivity index (χ0) is 21.6. The second kappa shape index (κ2) is 7.71. The highest BCUT2D eigenvalue weighted by Crippen LogP contribution is 2.40. The smallest absolute Gasteiger partial charge is 0.181 e. The number of halogens is 2. The number of benzene rings is 2. The number of hydrogen-bond acceptors (Lipinski definition) is 4. The molecule has 1 unspecified atom stereocenters. The topological polar surface area (TPSA) is 56.3 Å². The lowest BCUT2D eigenvalue weighted by molar-refractivity contribution is 0.230. The largest absolute Gasteiger partial charge is 0.476 e. The molecule has 7 heteroatoms. The Labute approximate surface area is 179 Å². The van der Waals surface area contributed by atoms with Crippen LogP contribution in [0, 0.1) is 11.6 Å². The predicted molar refractivity (Wildman–Crippen MR) is 112 cm³/mol. The maximum atomic E-state index is 14.3. The Kier molecular flexibility index (Phi) is 5.01. The van der Waals surface area contributed by atoms with Crippen molar-refractivity contribution in [2.75, 3.05) is 0 Å². The van der Waals surface area contributed by atoms with Crippen LogP contribution in [-0.2, 0) is 9.84 Å². The predicted octanol–water partition coefficient (Wildman–Crippen LogP) is 5.34. The fourth-order valence-corrected chi connectivity index (χ4v) is 5.29. The van der Waals surface area contributed by atoms with Crippen LogP contribution in [0.4, 0.5) is 8.78 Å². The minimum absolute atomic E-state index is 0.103. The molecule has 2 saturated carbocycles. The van der Waals surface area contributed by atoms with Gasteiger partial charge in [0.25, 0.3) is 0 Å². The van der Waals surface area contributed by atoms with Gasteiger partial charge in [-0.1, -0.05) is 18.2 Å². The van der Waals surface area contributed by atoms with Crippen LogP contribution in [0.25, 0.3) is 0 Å². The Balaban J connectivity index is 1.49. The van der Waals surface area contributed by atoms with E-state index in [2.05, 4.69) is 4.98 Å². The quantitative estimate of drug-likeness (QED) is 0.497. The summed E-state index contributed by atoms with van der Waals surface area (Å²) in [7, 11) is -3.31. The SMILES string of the molecule is O=S(=O)(c1ccc(C(Oc2ccc(F)cc2F)c2ccc(C3CC3)cn2)cc1)C1CC1. The lowest BCUT2D eigenvalue weighted by Crippen LogP contribution is -2.13. The van der Waals surface area contributed by atoms with Crippen molar-refractivity contribution in [3.05, 3.63) is 89.2 Å². The molecule has 0 N–H and O–H groups in total. The molecule has 0 aliphatic heterocycles. The van der Waals surface area contributed by atoms with Crippen molar-refractivity contribution >= 4 is 9.84 Å². The van der Waals surface area contributed by atoms with E-state index in [1.165, 1.54) is 6.07 Å². The summed E-state index contributed by atoms with van der Waals surface area (Å²) in [4.78, 5) is 4.80. The second-order valence-electron chi connectivity index (χ2n) is 8.18. The number of pyridine rings is 1. The van der Waals surface area contributed by atoms with Gasteiger partial charge in [0.15, 0.2) is 27.5 Å². The second-order valence-corrected chi connectivity index (χ2v) is 10.4. The average molecular weight is 441 g/mol. The molecule has 1 aromatic heterocycles. The minimum Gasteiger partial charge on any atom is -0.476 e. The highest BCUT2D eigenvalue weighted by atomic mass is 32.2. The van der Waals surface area contributed by atoms with E-state index in [4.69, 9.17) is 4.74 Å². The molecule has 3 aromatic rings. The lowest BCUT2D eigenvalue weighted by Gasteiger charge is -2.20. The third-order valence-corrected chi connectivity index (χ3v) is 8.02. The van der Waals surface area contributed by atoms with Crippen LogP contribution in [0.1, 0.15) is 54.5 Å². The summed E-state index contributed by atoms with van der Waals surface area (Å²) in [5.74, 6) is -1.06. The van der Waals surface area contributed by atoms with Crippen LogP contribution in [-0.4, -0.2) is 18.7 Å². The third kappa shape index (κ3) is 4.19. The summed E-state index contributed by atoms with van der Waals surface area (Å²) < 4.78 is 58.5. The number of ether oxygens (including phenoxy) is 1. The third-order valence-electron chi connectivity index (χ3n) is 5.74. The van der Waals surface area contributed by atoms with Gasteiger partial charge in [-0.15, -0.1) is 0 Å². The Hall–Kier alpha value is -2.80. The van der Waals surface area contributed by atoms with E-state index in [0.29, 0.717) is 30.0 Å². The molecule has 2 aromatic carbocycles. The zero-order valence-corrected chi connectivity index (χ0v) is 17.5. The first-order chi connectivity index (χ1) is 14.9. The standard InChI is InChI=1S/C24H21F2NO3S/c25-18-6-12-23(21(26)13-18)30-24(22-11-5-17(14-27-22)15-1-2-15)16-3-7-19(8-4-16)31(28,29)20-9-10-20/h3-8,11-15,20,24H,1-2,9-10H2. The normalized spacial score (nSPS) is 17.4. The van der Waals surface area contributed by atoms with E-state index in [-0.39, 0.29) is 15.9 Å². The van der Waals surface area contributed by atoms with Crippen LogP contribution in [0.3, 0.4) is 0 Å². The van der Waals surface area contributed by atoms with Crippen LogP contribution in [0.2, 0.25) is 0 Å². The van der Waals surface area contributed by atoms with Crippen molar-refractivity contribution in [1.82, 2.24) is 4.98 Å². The van der Waals surface area contributed by atoms with Crippen molar-refractivity contribution in [2.45, 2.75) is 47.9 Å². The summed E-state index contributed by atoms with van der Waals surface area (Å²) in [6, 6.07) is 13.4. The van der Waals surface area contributed by atoms with Crippen molar-refractivity contribution < 1.29 is 21.9 Å². The number of aromatic nitrogens is 1. The molecule has 2 aliphatic rings. The van der Waals surface area contributed by atoms with E-state index < -0.39 is 27.6 Å². The zero-order valence-electron chi connectivity index (χ0n) is 16.7. The number of hydrogen-bond donors (Lipinski definition) is 0. The molecule has 0 bridgehead atoms. The highest BCUT2D eigenvalue weighted by molar-refractivity contribution is 7.92. The number of nitrogens with zero attached hydrogens (tertiary/aromatic N) is 1. The first-order valence-corrected chi connectivity index (χ1v) is 11.9. The van der Waals surface area contributed by atoms with Gasteiger partial charge in [0.2, 0.25) is 0 Å². The Bertz CT molecular complexity index is 1200. The van der Waals surface area contributed by atoms with Crippen LogP contribution >= 0.6 is 0 Å². The van der Waals surface area contributed by atoms with Crippen molar-refractivity contribution in [3.8, 4) is 5.75 Å². The molecule has 1 heterocycles. The Morgan fingerprint density at radius 3 is 2.26 bits per heavy atom. The minimum atomic E-state index is -3.31. The van der Waals surface area contributed by atoms with Gasteiger partial charge < -0.3 is 4.74 Å². The average Bonchev–Trinajstić information content (AvgIpc) is 3.65. The monoisotopic (exact) mass is 441 g/mol. The molecule has 2 aliphatic carbocycles. The molecular formula is C24H21F2NO3S. The lowest BCUT2D eigenvalue weighted by atomic mass is 10.0. The van der Waals surface area contributed by atoms with Gasteiger partial charge in [0, 0.05) is 12.3 Å². The Morgan fingerprint density at radius 2 is 1.68 bits per heavy atom. The van der Waals surface area contributed by atoms with Crippen LogP contribution < -0.4 is 4.74 Å². The van der Waals surface area contributed by atoms with Gasteiger partial charge in [-0.25, -0.2) is 17.2 Å². The first kappa shape index (κ1) is 20.1. The van der Waals surface area contributed by atoms with Gasteiger partial charge >= 0.3 is 0 Å². The molecule has 5 rings (SSSR count). The van der Waals surface area contributed by atoms with E-state index >= 15 is 0 Å². The molecule has 0 saturated heterocycles. The van der Waals surface area contributed by atoms with Gasteiger partial charge in [-0.05, 0) is 73.1 Å². The molecule has 0 amide bonds. The highest BCUT2D eigenvalue weighted by Gasteiger charge is 2.37. The summed E-state index contributed by atoms with van der Waals surface area (Å²) in [6.45, 7) is 0. The van der Waals surface area contributed by atoms with E-state index in [1.807, 2.05) is 12.1 Å². The van der Waals surface area contributed by atoms with Gasteiger partial charge in [0.05, 0.1) is 15.8 Å². The molecule has 0 radical (unpaired) electrons. The summed E-state index contributed by atoms with van der Waals surface area (Å²) in [5, 5.41) is -0.296. The molecule has 4 nitrogen and oxygen atoms in total. The van der Waals surface area contributed by atoms with Crippen LogP contribution in [0.5, 0.6) is 5.75 Å². The fourth-order valence-electron chi connectivity index (χ4n) is 3.63. The summed E-state index contributed by atoms with van der Waals surface area (Å²) in [6.07, 6.45) is 4.72. The maximum Gasteiger partial charge on any atom is 0.181 e. The molecule has 2 fully saturated rings. The fraction of sp³-hybridized carbons (Fsp3) is 0.292. The first-order valence-electron chi connectivity index (χ1n) is 10.3. The van der Waals surface area contributed by atoms with Crippen molar-refractivity contribution in [2.24, 2.45) is 0 Å². The van der Waals surface area contributed by atoms with E-state index in [1.54, 1.807) is 30.5 Å². The molecule has 160 valence electrons. The Morgan fingerprint density at radius 1 is 0.935 bits per heavy atom. The van der Waals surface area contributed by atoms with E-state index in [9.17, 15) is 17.2 Å². The van der Waals surface area contributed by atoms with Gasteiger partial charge in [-0.2, -0.15) is 0 Å². The number of rotatable bonds is 7. The number of sulfone groups is 1. The van der Waals surface area contributed by atoms with Gasteiger partial charge in [-0.3, -0.25) is 4.98 Å². The summed E-state index contributed by atoms with van der Waals surface area (Å²) in [5.41, 5.74) is 2.34. The van der Waals surface area contributed by atoms with Crippen LogP contribution in [0.15, 0.2) is 65.7 Å². The molecule has 0 spiro atoms. The molecular weight excluding hydrogens is 420 g/mol. The summed E-state index contributed by atoms with van der Waals surface area (Å²) >= 11 is 0. The maximum absolute atomic E-state index is 14.3. The molecule has 31 heavy (non-hydrogen) atoms. The molecule has 1 atom stereocenters. The van der Waals surface area contributed by atoms with E-state index in [0.717, 1.165) is 30.5 Å².